The predicted octanol–water partition coefficient (Wildman–Crippen LogP) is -1.45. The Bertz CT molecular complexity index is 397. The molecule has 0 saturated carbocycles. The zero-order chi connectivity index (χ0) is 15.5. The number of carbonyl (C=O) groups excluding carboxylic acids is 1. The predicted molar refractivity (Wildman–Crippen MR) is 82.5 cm³/mol. The van der Waals surface area contributed by atoms with Gasteiger partial charge >= 0.3 is 5.97 Å². The van der Waals surface area contributed by atoms with Gasteiger partial charge in [0.25, 0.3) is 0 Å². The summed E-state index contributed by atoms with van der Waals surface area (Å²) in [6, 6.07) is -0.903. The molecule has 20 heavy (non-hydrogen) atoms. The molecule has 0 aliphatic carbocycles. The second-order valence-corrected chi connectivity index (χ2v) is 6.10. The van der Waals surface area contributed by atoms with Gasteiger partial charge in [-0.25, -0.2) is 4.79 Å². The maximum Gasteiger partial charge on any atom is 0.327 e. The zero-order valence-electron chi connectivity index (χ0n) is 10.9. The van der Waals surface area contributed by atoms with E-state index in [-0.39, 0.29) is 23.6 Å². The van der Waals surface area contributed by atoms with Crippen LogP contribution in [-0.4, -0.2) is 53.0 Å². The number of aliphatic carboxylic acids is 1. The third-order valence-corrected chi connectivity index (χ3v) is 4.08. The van der Waals surface area contributed by atoms with Gasteiger partial charge in [-0.1, -0.05) is 21.6 Å². The van der Waals surface area contributed by atoms with E-state index in [0.717, 1.165) is 0 Å². The number of hydrogen-bond acceptors (Lipinski definition) is 5. The number of nitrogens with two attached hydrogens (primary N) is 3. The number of aliphatic imine (C=N–C) groups is 2. The van der Waals surface area contributed by atoms with Crippen LogP contribution in [0.25, 0.3) is 0 Å². The van der Waals surface area contributed by atoms with Crippen molar-refractivity contribution in [3.63, 3.8) is 0 Å². The molecule has 8 N–H and O–H groups in total. The lowest BCUT2D eigenvalue weighted by atomic mass is 10.3. The summed E-state index contributed by atoms with van der Waals surface area (Å²) in [5.74, 6) is -0.740. The number of guanidine groups is 2. The lowest BCUT2D eigenvalue weighted by Gasteiger charge is -2.11. The number of nitrogens with zero attached hydrogens (tertiary/aromatic N) is 2. The second kappa shape index (κ2) is 10.2. The maximum absolute atomic E-state index is 10.8. The highest BCUT2D eigenvalue weighted by molar-refractivity contribution is 8.76. The fourth-order valence-electron chi connectivity index (χ4n) is 0.960. The average molecular weight is 322 g/mol. The van der Waals surface area contributed by atoms with Gasteiger partial charge in [0.05, 0.1) is 6.54 Å². The van der Waals surface area contributed by atoms with Crippen LogP contribution in [0.5, 0.6) is 0 Å². The zero-order valence-corrected chi connectivity index (χ0v) is 12.5. The van der Waals surface area contributed by atoms with Crippen molar-refractivity contribution in [2.75, 3.05) is 18.1 Å². The molecule has 9 nitrogen and oxygen atoms in total. The summed E-state index contributed by atoms with van der Waals surface area (Å²) < 4.78 is 0. The molecule has 1 atom stereocenters. The summed E-state index contributed by atoms with van der Waals surface area (Å²) in [4.78, 5) is 29.1. The molecule has 0 fully saturated rings. The molecule has 0 aliphatic rings. The van der Waals surface area contributed by atoms with Crippen LogP contribution < -0.4 is 22.5 Å². The van der Waals surface area contributed by atoms with Gasteiger partial charge in [0.1, 0.15) is 6.04 Å². The van der Waals surface area contributed by atoms with Gasteiger partial charge in [0.2, 0.25) is 11.9 Å². The van der Waals surface area contributed by atoms with Crippen LogP contribution in [0.3, 0.4) is 0 Å². The van der Waals surface area contributed by atoms with E-state index in [1.54, 1.807) is 0 Å². The number of nitrogens with one attached hydrogen (secondary N) is 1. The van der Waals surface area contributed by atoms with Gasteiger partial charge in [-0.2, -0.15) is 4.99 Å². The number of hydrogen-bond donors (Lipinski definition) is 5. The second-order valence-electron chi connectivity index (χ2n) is 3.47. The first-order valence-electron chi connectivity index (χ1n) is 5.46. The first kappa shape index (κ1) is 18.4. The van der Waals surface area contributed by atoms with E-state index in [0.29, 0.717) is 12.3 Å². The molecule has 0 aromatic heterocycles. The Balaban J connectivity index is 3.87. The Labute approximate surface area is 124 Å². The van der Waals surface area contributed by atoms with Crippen LogP contribution >= 0.6 is 21.6 Å². The molecule has 1 amide bonds. The van der Waals surface area contributed by atoms with E-state index in [4.69, 9.17) is 22.3 Å². The molecule has 114 valence electrons. The van der Waals surface area contributed by atoms with Gasteiger partial charge in [-0.15, -0.1) is 0 Å². The Kier molecular flexibility index (Phi) is 9.38. The lowest BCUT2D eigenvalue weighted by Crippen LogP contribution is -2.41. The third kappa shape index (κ3) is 10.3. The first-order chi connectivity index (χ1) is 9.32. The van der Waals surface area contributed by atoms with E-state index in [9.17, 15) is 9.59 Å². The van der Waals surface area contributed by atoms with Crippen molar-refractivity contribution in [1.82, 2.24) is 5.32 Å². The van der Waals surface area contributed by atoms with Crippen LogP contribution in [0.4, 0.5) is 0 Å². The standard InChI is InChI=1S/C9H18N6O3S2/c1-5(16)14-6(7(17)18)4-20-19-3-2-13-9(12)15-8(10)11/h6H,2-4H2,1H3,(H,14,16)(H,17,18)(H6,10,11,12,13,15)/t6-/m0/s1. The number of carboxylic acids is 1. The summed E-state index contributed by atoms with van der Waals surface area (Å²) in [7, 11) is 2.74. The molecule has 0 heterocycles. The Hall–Kier alpha value is -1.62. The smallest absolute Gasteiger partial charge is 0.327 e. The van der Waals surface area contributed by atoms with Crippen LogP contribution in [0.15, 0.2) is 9.98 Å². The summed E-state index contributed by atoms with van der Waals surface area (Å²) in [5, 5.41) is 11.2. The number of amides is 1. The van der Waals surface area contributed by atoms with Gasteiger partial charge in [-0.3, -0.25) is 9.79 Å². The van der Waals surface area contributed by atoms with Crippen molar-refractivity contribution >= 4 is 45.4 Å². The summed E-state index contributed by atoms with van der Waals surface area (Å²) in [6.07, 6.45) is 0. The van der Waals surface area contributed by atoms with E-state index < -0.39 is 12.0 Å². The Morgan fingerprint density at radius 2 is 1.95 bits per heavy atom. The highest BCUT2D eigenvalue weighted by atomic mass is 33.1. The van der Waals surface area contributed by atoms with E-state index in [1.807, 2.05) is 0 Å². The SMILES string of the molecule is CC(=O)N[C@@H](CSSCCN=C(N)N=C(N)N)C(=O)O. The van der Waals surface area contributed by atoms with Crippen molar-refractivity contribution in [3.05, 3.63) is 0 Å². The topological polar surface area (TPSA) is 169 Å². The molecule has 0 rings (SSSR count). The lowest BCUT2D eigenvalue weighted by molar-refractivity contribution is -0.140. The van der Waals surface area contributed by atoms with Crippen LogP contribution in [0.2, 0.25) is 0 Å². The van der Waals surface area contributed by atoms with Crippen molar-refractivity contribution in [1.29, 1.82) is 0 Å². The molecule has 0 aromatic carbocycles. The number of carbonyl (C=O) groups is 2. The number of rotatable bonds is 8. The largest absolute Gasteiger partial charge is 0.480 e. The van der Waals surface area contributed by atoms with E-state index in [1.165, 1.54) is 28.5 Å². The molecule has 0 radical (unpaired) electrons. The minimum atomic E-state index is -1.07. The van der Waals surface area contributed by atoms with Gasteiger partial charge in [0, 0.05) is 18.4 Å². The van der Waals surface area contributed by atoms with Gasteiger partial charge in [-0.05, 0) is 0 Å². The molecule has 0 saturated heterocycles. The minimum Gasteiger partial charge on any atom is -0.480 e. The Morgan fingerprint density at radius 1 is 1.30 bits per heavy atom. The molecular weight excluding hydrogens is 304 g/mol. The van der Waals surface area contributed by atoms with Crippen molar-refractivity contribution < 1.29 is 14.7 Å². The Morgan fingerprint density at radius 3 is 2.45 bits per heavy atom. The van der Waals surface area contributed by atoms with Crippen LogP contribution in [0, 0.1) is 0 Å². The van der Waals surface area contributed by atoms with Gasteiger partial charge in [0.15, 0.2) is 5.96 Å². The van der Waals surface area contributed by atoms with Crippen LogP contribution in [-0.2, 0) is 9.59 Å². The molecule has 11 heteroatoms. The molecule has 0 aromatic rings. The average Bonchev–Trinajstić information content (AvgIpc) is 2.30. The molecule has 0 bridgehead atoms. The normalized spacial score (nSPS) is 12.6. The summed E-state index contributed by atoms with van der Waals surface area (Å²) in [5.41, 5.74) is 15.6. The monoisotopic (exact) mass is 322 g/mol. The fourth-order valence-corrected chi connectivity index (χ4v) is 2.98. The van der Waals surface area contributed by atoms with E-state index >= 15 is 0 Å². The first-order valence-corrected chi connectivity index (χ1v) is 7.95. The fraction of sp³-hybridized carbons (Fsp3) is 0.556. The quantitative estimate of drug-likeness (QED) is 0.156. The van der Waals surface area contributed by atoms with Crippen LogP contribution in [0.1, 0.15) is 6.92 Å². The van der Waals surface area contributed by atoms with Gasteiger partial charge < -0.3 is 27.6 Å². The highest BCUT2D eigenvalue weighted by Crippen LogP contribution is 2.21. The molecular formula is C9H18N6O3S2. The minimum absolute atomic E-state index is 0.00254. The summed E-state index contributed by atoms with van der Waals surface area (Å²) in [6.45, 7) is 1.67. The third-order valence-electron chi connectivity index (χ3n) is 1.69. The van der Waals surface area contributed by atoms with E-state index in [2.05, 4.69) is 15.3 Å². The maximum atomic E-state index is 10.8. The van der Waals surface area contributed by atoms with Crippen molar-refractivity contribution in [3.8, 4) is 0 Å². The van der Waals surface area contributed by atoms with Crippen molar-refractivity contribution in [2.24, 2.45) is 27.2 Å². The highest BCUT2D eigenvalue weighted by Gasteiger charge is 2.17. The summed E-state index contributed by atoms with van der Waals surface area (Å²) >= 11 is 0. The molecule has 0 unspecified atom stereocenters. The number of carboxylic acid groups (broad SMARTS) is 1. The molecule has 0 aliphatic heterocycles. The molecule has 0 spiro atoms. The van der Waals surface area contributed by atoms with Crippen molar-refractivity contribution in [2.45, 2.75) is 13.0 Å².